The first kappa shape index (κ1) is 11.8. The van der Waals surface area contributed by atoms with Crippen LogP contribution in [0.3, 0.4) is 0 Å². The van der Waals surface area contributed by atoms with Crippen molar-refractivity contribution < 1.29 is 0 Å². The standard InChI is InChI=1S/C15H18N2/c1-2-15(16)14-5-3-12(4-6-14)11-13-7-9-17-10-8-13/h3-10,15H,2,11,16H2,1H3. The van der Waals surface area contributed by atoms with Crippen LogP contribution in [0, 0.1) is 0 Å². The summed E-state index contributed by atoms with van der Waals surface area (Å²) in [5.41, 5.74) is 9.80. The highest BCUT2D eigenvalue weighted by atomic mass is 14.6. The van der Waals surface area contributed by atoms with Gasteiger partial charge >= 0.3 is 0 Å². The second kappa shape index (κ2) is 5.60. The molecule has 1 aromatic carbocycles. The maximum atomic E-state index is 5.99. The summed E-state index contributed by atoms with van der Waals surface area (Å²) in [6.07, 6.45) is 5.58. The fraction of sp³-hybridized carbons (Fsp3) is 0.267. The molecule has 1 atom stereocenters. The molecule has 17 heavy (non-hydrogen) atoms. The van der Waals surface area contributed by atoms with Gasteiger partial charge in [-0.15, -0.1) is 0 Å². The molecule has 2 aromatic rings. The lowest BCUT2D eigenvalue weighted by Gasteiger charge is -2.09. The van der Waals surface area contributed by atoms with Crippen LogP contribution in [-0.4, -0.2) is 4.98 Å². The molecule has 1 unspecified atom stereocenters. The van der Waals surface area contributed by atoms with E-state index in [1.54, 1.807) is 0 Å². The summed E-state index contributed by atoms with van der Waals surface area (Å²) < 4.78 is 0. The third kappa shape index (κ3) is 3.14. The van der Waals surface area contributed by atoms with Gasteiger partial charge in [0.1, 0.15) is 0 Å². The maximum Gasteiger partial charge on any atom is 0.0292 e. The molecule has 88 valence electrons. The van der Waals surface area contributed by atoms with Gasteiger partial charge in [-0.1, -0.05) is 31.2 Å². The van der Waals surface area contributed by atoms with Crippen LogP contribution in [0.2, 0.25) is 0 Å². The van der Waals surface area contributed by atoms with Gasteiger partial charge in [0.2, 0.25) is 0 Å². The molecule has 0 spiro atoms. The molecule has 0 bridgehead atoms. The number of rotatable bonds is 4. The van der Waals surface area contributed by atoms with Gasteiger partial charge in [-0.05, 0) is 41.7 Å². The average Bonchev–Trinajstić information content (AvgIpc) is 2.40. The van der Waals surface area contributed by atoms with Gasteiger partial charge in [0.15, 0.2) is 0 Å². The van der Waals surface area contributed by atoms with Crippen molar-refractivity contribution in [3.8, 4) is 0 Å². The summed E-state index contributed by atoms with van der Waals surface area (Å²) in [7, 11) is 0. The molecule has 2 N–H and O–H groups in total. The number of nitrogens with two attached hydrogens (primary N) is 1. The van der Waals surface area contributed by atoms with E-state index in [1.807, 2.05) is 24.5 Å². The minimum absolute atomic E-state index is 0.157. The third-order valence-electron chi connectivity index (χ3n) is 3.01. The van der Waals surface area contributed by atoms with Crippen LogP contribution >= 0.6 is 0 Å². The Morgan fingerprint density at radius 3 is 2.18 bits per heavy atom. The maximum absolute atomic E-state index is 5.99. The summed E-state index contributed by atoms with van der Waals surface area (Å²) in [6.45, 7) is 2.11. The molecule has 0 saturated heterocycles. The molecule has 0 saturated carbocycles. The van der Waals surface area contributed by atoms with E-state index in [-0.39, 0.29) is 6.04 Å². The molecular formula is C15H18N2. The van der Waals surface area contributed by atoms with Gasteiger partial charge in [0.25, 0.3) is 0 Å². The van der Waals surface area contributed by atoms with E-state index in [0.717, 1.165) is 12.8 Å². The molecule has 2 heteroatoms. The number of nitrogens with zero attached hydrogens (tertiary/aromatic N) is 1. The van der Waals surface area contributed by atoms with Gasteiger partial charge in [0.05, 0.1) is 0 Å². The van der Waals surface area contributed by atoms with Crippen LogP contribution in [0.5, 0.6) is 0 Å². The zero-order valence-corrected chi connectivity index (χ0v) is 10.1. The van der Waals surface area contributed by atoms with Gasteiger partial charge in [-0.25, -0.2) is 0 Å². The molecular weight excluding hydrogens is 208 g/mol. The Labute approximate surface area is 103 Å². The van der Waals surface area contributed by atoms with Crippen molar-refractivity contribution in [2.45, 2.75) is 25.8 Å². The van der Waals surface area contributed by atoms with E-state index in [0.29, 0.717) is 0 Å². The Morgan fingerprint density at radius 2 is 1.59 bits per heavy atom. The Morgan fingerprint density at radius 1 is 1.00 bits per heavy atom. The zero-order valence-electron chi connectivity index (χ0n) is 10.1. The Kier molecular flexibility index (Phi) is 3.89. The van der Waals surface area contributed by atoms with E-state index in [4.69, 9.17) is 5.73 Å². The normalized spacial score (nSPS) is 12.4. The topological polar surface area (TPSA) is 38.9 Å². The fourth-order valence-electron chi connectivity index (χ4n) is 1.85. The Hall–Kier alpha value is -1.67. The van der Waals surface area contributed by atoms with Crippen LogP contribution in [0.1, 0.15) is 36.1 Å². The predicted octanol–water partition coefficient (Wildman–Crippen LogP) is 3.08. The first-order valence-electron chi connectivity index (χ1n) is 6.03. The lowest BCUT2D eigenvalue weighted by Crippen LogP contribution is -2.08. The lowest BCUT2D eigenvalue weighted by molar-refractivity contribution is 0.698. The minimum atomic E-state index is 0.157. The SMILES string of the molecule is CCC(N)c1ccc(Cc2ccncc2)cc1. The van der Waals surface area contributed by atoms with Crippen molar-refractivity contribution >= 4 is 0 Å². The molecule has 1 heterocycles. The van der Waals surface area contributed by atoms with Crippen LogP contribution in [0.15, 0.2) is 48.8 Å². The Balaban J connectivity index is 2.08. The van der Waals surface area contributed by atoms with Crippen LogP contribution in [-0.2, 0) is 6.42 Å². The summed E-state index contributed by atoms with van der Waals surface area (Å²) in [6, 6.07) is 12.8. The fourth-order valence-corrected chi connectivity index (χ4v) is 1.85. The zero-order chi connectivity index (χ0) is 12.1. The van der Waals surface area contributed by atoms with E-state index in [9.17, 15) is 0 Å². The molecule has 1 aromatic heterocycles. The molecule has 0 radical (unpaired) electrons. The number of benzene rings is 1. The first-order chi connectivity index (χ1) is 8.29. The van der Waals surface area contributed by atoms with Crippen molar-refractivity contribution in [3.05, 3.63) is 65.5 Å². The highest BCUT2D eigenvalue weighted by Crippen LogP contribution is 2.16. The summed E-state index contributed by atoms with van der Waals surface area (Å²) in [4.78, 5) is 4.02. The lowest BCUT2D eigenvalue weighted by atomic mass is 10.0. The van der Waals surface area contributed by atoms with Crippen molar-refractivity contribution in [3.63, 3.8) is 0 Å². The first-order valence-corrected chi connectivity index (χ1v) is 6.03. The molecule has 0 aliphatic rings. The van der Waals surface area contributed by atoms with Gasteiger partial charge in [-0.2, -0.15) is 0 Å². The van der Waals surface area contributed by atoms with Crippen LogP contribution in [0.25, 0.3) is 0 Å². The minimum Gasteiger partial charge on any atom is -0.324 e. The van der Waals surface area contributed by atoms with Gasteiger partial charge in [-0.3, -0.25) is 4.98 Å². The number of hydrogen-bond acceptors (Lipinski definition) is 2. The quantitative estimate of drug-likeness (QED) is 0.870. The molecule has 0 fully saturated rings. The molecule has 0 amide bonds. The van der Waals surface area contributed by atoms with Gasteiger partial charge in [0, 0.05) is 18.4 Å². The van der Waals surface area contributed by atoms with Gasteiger partial charge < -0.3 is 5.73 Å². The van der Waals surface area contributed by atoms with Crippen molar-refractivity contribution in [1.82, 2.24) is 4.98 Å². The predicted molar refractivity (Wildman–Crippen MR) is 70.7 cm³/mol. The molecule has 2 rings (SSSR count). The van der Waals surface area contributed by atoms with Crippen molar-refractivity contribution in [2.75, 3.05) is 0 Å². The number of hydrogen-bond donors (Lipinski definition) is 1. The monoisotopic (exact) mass is 226 g/mol. The average molecular weight is 226 g/mol. The van der Waals surface area contributed by atoms with E-state index < -0.39 is 0 Å². The summed E-state index contributed by atoms with van der Waals surface area (Å²) in [5.74, 6) is 0. The van der Waals surface area contributed by atoms with E-state index >= 15 is 0 Å². The Bertz CT molecular complexity index is 448. The van der Waals surface area contributed by atoms with Crippen LogP contribution < -0.4 is 5.73 Å². The van der Waals surface area contributed by atoms with E-state index in [1.165, 1.54) is 16.7 Å². The van der Waals surface area contributed by atoms with E-state index in [2.05, 4.69) is 36.2 Å². The molecule has 0 aliphatic carbocycles. The van der Waals surface area contributed by atoms with Crippen molar-refractivity contribution in [1.29, 1.82) is 0 Å². The van der Waals surface area contributed by atoms with Crippen LogP contribution in [0.4, 0.5) is 0 Å². The largest absolute Gasteiger partial charge is 0.324 e. The summed E-state index contributed by atoms with van der Waals surface area (Å²) in [5, 5.41) is 0. The highest BCUT2D eigenvalue weighted by molar-refractivity contribution is 5.29. The molecule has 0 aliphatic heterocycles. The second-order valence-corrected chi connectivity index (χ2v) is 4.29. The number of aromatic nitrogens is 1. The smallest absolute Gasteiger partial charge is 0.0292 e. The summed E-state index contributed by atoms with van der Waals surface area (Å²) >= 11 is 0. The van der Waals surface area contributed by atoms with Crippen molar-refractivity contribution in [2.24, 2.45) is 5.73 Å². The third-order valence-corrected chi connectivity index (χ3v) is 3.01. The molecule has 2 nitrogen and oxygen atoms in total. The number of pyridine rings is 1. The second-order valence-electron chi connectivity index (χ2n) is 4.29. The highest BCUT2D eigenvalue weighted by Gasteiger charge is 2.02.